The Bertz CT molecular complexity index is 1630. The van der Waals surface area contributed by atoms with Gasteiger partial charge in [0.1, 0.15) is 5.69 Å². The molecule has 0 unspecified atom stereocenters. The molecule has 5 aromatic heterocycles. The molecule has 0 radical (unpaired) electrons. The van der Waals surface area contributed by atoms with Crippen LogP contribution >= 0.6 is 0 Å². The predicted molar refractivity (Wildman–Crippen MR) is 157 cm³/mol. The predicted octanol–water partition coefficient (Wildman–Crippen LogP) is 5.70. The van der Waals surface area contributed by atoms with Gasteiger partial charge in [-0.3, -0.25) is 20.1 Å². The van der Waals surface area contributed by atoms with Crippen LogP contribution < -0.4 is 5.32 Å². The SMILES string of the molecule is C=C(CN(C)C)Nc1cncc(-c2cc3c(-c4nc5c([nH]4)CCC=C5c4ccccn4)n[nH]c3cn2)c1.CC. The molecule has 5 heterocycles. The highest BCUT2D eigenvalue weighted by atomic mass is 15.1. The van der Waals surface area contributed by atoms with E-state index in [-0.39, 0.29) is 0 Å². The molecule has 0 bridgehead atoms. The zero-order chi connectivity index (χ0) is 27.4. The van der Waals surface area contributed by atoms with Gasteiger partial charge in [0, 0.05) is 46.9 Å². The first kappa shape index (κ1) is 26.0. The third kappa shape index (κ3) is 5.49. The van der Waals surface area contributed by atoms with E-state index < -0.39 is 0 Å². The Hall–Kier alpha value is -4.63. The summed E-state index contributed by atoms with van der Waals surface area (Å²) in [4.78, 5) is 24.1. The number of H-pyrrole nitrogens is 2. The summed E-state index contributed by atoms with van der Waals surface area (Å²) in [5, 5.41) is 12.0. The van der Waals surface area contributed by atoms with Crippen LogP contribution in [0.1, 0.15) is 37.4 Å². The van der Waals surface area contributed by atoms with Gasteiger partial charge in [0.2, 0.25) is 0 Å². The summed E-state index contributed by atoms with van der Waals surface area (Å²) in [6.45, 7) is 8.83. The fourth-order valence-corrected chi connectivity index (χ4v) is 4.66. The van der Waals surface area contributed by atoms with E-state index in [9.17, 15) is 0 Å². The molecule has 198 valence electrons. The molecule has 0 atom stereocenters. The minimum Gasteiger partial charge on any atom is -0.357 e. The summed E-state index contributed by atoms with van der Waals surface area (Å²) >= 11 is 0. The number of aromatic nitrogens is 7. The number of hydrogen-bond acceptors (Lipinski definition) is 7. The maximum atomic E-state index is 4.97. The maximum Gasteiger partial charge on any atom is 0.159 e. The van der Waals surface area contributed by atoms with Gasteiger partial charge in [0.25, 0.3) is 0 Å². The molecular formula is C30H33N9. The second-order valence-electron chi connectivity index (χ2n) is 9.40. The van der Waals surface area contributed by atoms with Crippen molar-refractivity contribution in [2.45, 2.75) is 26.7 Å². The quantitative estimate of drug-likeness (QED) is 0.253. The van der Waals surface area contributed by atoms with Gasteiger partial charge in [0.15, 0.2) is 5.82 Å². The van der Waals surface area contributed by atoms with Gasteiger partial charge < -0.3 is 15.2 Å². The molecule has 0 aromatic carbocycles. The van der Waals surface area contributed by atoms with Crippen LogP contribution in [0.25, 0.3) is 39.3 Å². The second kappa shape index (κ2) is 11.4. The highest BCUT2D eigenvalue weighted by molar-refractivity contribution is 5.93. The number of allylic oxidation sites excluding steroid dienone is 1. The highest BCUT2D eigenvalue weighted by Crippen LogP contribution is 2.34. The van der Waals surface area contributed by atoms with Crippen molar-refractivity contribution in [2.75, 3.05) is 26.0 Å². The van der Waals surface area contributed by atoms with Gasteiger partial charge in [-0.25, -0.2) is 4.98 Å². The van der Waals surface area contributed by atoms with Gasteiger partial charge in [-0.2, -0.15) is 5.10 Å². The molecule has 0 amide bonds. The maximum absolute atomic E-state index is 4.97. The van der Waals surface area contributed by atoms with Crippen molar-refractivity contribution in [2.24, 2.45) is 0 Å². The normalized spacial score (nSPS) is 12.5. The smallest absolute Gasteiger partial charge is 0.159 e. The van der Waals surface area contributed by atoms with E-state index in [2.05, 4.69) is 53.0 Å². The number of likely N-dealkylation sites (N-methyl/N-ethyl adjacent to an activating group) is 1. The van der Waals surface area contributed by atoms with Crippen molar-refractivity contribution in [3.05, 3.63) is 90.6 Å². The summed E-state index contributed by atoms with van der Waals surface area (Å²) in [7, 11) is 4.02. The Kier molecular flexibility index (Phi) is 7.60. The summed E-state index contributed by atoms with van der Waals surface area (Å²) in [6, 6.07) is 9.99. The van der Waals surface area contributed by atoms with Crippen molar-refractivity contribution in [3.63, 3.8) is 0 Å². The van der Waals surface area contributed by atoms with Crippen LogP contribution in [-0.4, -0.2) is 60.7 Å². The highest BCUT2D eigenvalue weighted by Gasteiger charge is 2.22. The van der Waals surface area contributed by atoms with E-state index >= 15 is 0 Å². The first-order valence-corrected chi connectivity index (χ1v) is 13.2. The lowest BCUT2D eigenvalue weighted by Gasteiger charge is -2.14. The number of aryl methyl sites for hydroxylation is 1. The molecule has 1 aliphatic rings. The van der Waals surface area contributed by atoms with Crippen LogP contribution in [0.2, 0.25) is 0 Å². The third-order valence-corrected chi connectivity index (χ3v) is 6.25. The standard InChI is InChI=1S/C28H27N9.C2H6/c1-17(16-37(2)3)32-19-11-18(13-29-14-19)24-12-21-25(15-31-24)35-36-27(21)28-33-23-9-6-7-20(26(23)34-28)22-8-4-5-10-30-22;1-2/h4-5,7-8,10-15,32H,1,6,9,16H2,2-3H3,(H,33,34)(H,35,36);1-2H3. The van der Waals surface area contributed by atoms with Crippen molar-refractivity contribution in [1.29, 1.82) is 0 Å². The average molecular weight is 520 g/mol. The Balaban J connectivity index is 0.00000151. The van der Waals surface area contributed by atoms with Crippen LogP contribution in [0.3, 0.4) is 0 Å². The Morgan fingerprint density at radius 2 is 1.92 bits per heavy atom. The number of fused-ring (bicyclic) bond motifs is 2. The minimum absolute atomic E-state index is 0.727. The number of rotatable bonds is 7. The van der Waals surface area contributed by atoms with Gasteiger partial charge in [0.05, 0.1) is 40.7 Å². The summed E-state index contributed by atoms with van der Waals surface area (Å²) in [5.74, 6) is 0.727. The minimum atomic E-state index is 0.727. The zero-order valence-corrected chi connectivity index (χ0v) is 22.8. The van der Waals surface area contributed by atoms with E-state index in [4.69, 9.17) is 4.98 Å². The van der Waals surface area contributed by atoms with E-state index in [1.54, 1.807) is 12.4 Å². The van der Waals surface area contributed by atoms with Crippen LogP contribution in [0.5, 0.6) is 0 Å². The number of nitrogens with one attached hydrogen (secondary N) is 3. The first-order chi connectivity index (χ1) is 19.0. The topological polar surface area (TPSA) is 111 Å². The molecule has 39 heavy (non-hydrogen) atoms. The van der Waals surface area contributed by atoms with E-state index in [0.29, 0.717) is 0 Å². The molecule has 9 heteroatoms. The van der Waals surface area contributed by atoms with E-state index in [1.807, 2.05) is 70.7 Å². The summed E-state index contributed by atoms with van der Waals surface area (Å²) in [5.41, 5.74) is 9.08. The molecular weight excluding hydrogens is 486 g/mol. The Labute approximate surface area is 228 Å². The molecule has 0 spiro atoms. The lowest BCUT2D eigenvalue weighted by Crippen LogP contribution is -2.18. The molecule has 6 rings (SSSR count). The average Bonchev–Trinajstić information content (AvgIpc) is 3.58. The van der Waals surface area contributed by atoms with Crippen molar-refractivity contribution >= 4 is 22.2 Å². The molecule has 3 N–H and O–H groups in total. The fourth-order valence-electron chi connectivity index (χ4n) is 4.66. The van der Waals surface area contributed by atoms with Crippen molar-refractivity contribution in [3.8, 4) is 22.8 Å². The summed E-state index contributed by atoms with van der Waals surface area (Å²) in [6.07, 6.45) is 11.3. The van der Waals surface area contributed by atoms with Crippen LogP contribution in [-0.2, 0) is 6.42 Å². The van der Waals surface area contributed by atoms with Gasteiger partial charge in [-0.15, -0.1) is 0 Å². The Morgan fingerprint density at radius 3 is 2.72 bits per heavy atom. The largest absolute Gasteiger partial charge is 0.357 e. The lowest BCUT2D eigenvalue weighted by atomic mass is 9.97. The first-order valence-electron chi connectivity index (χ1n) is 13.2. The molecule has 0 fully saturated rings. The molecule has 9 nitrogen and oxygen atoms in total. The molecule has 1 aliphatic carbocycles. The van der Waals surface area contributed by atoms with E-state index in [0.717, 1.165) is 87.1 Å². The fraction of sp³-hybridized carbons (Fsp3) is 0.233. The number of imidazole rings is 1. The van der Waals surface area contributed by atoms with Crippen LogP contribution in [0, 0.1) is 0 Å². The van der Waals surface area contributed by atoms with Gasteiger partial charge in [-0.1, -0.05) is 32.6 Å². The van der Waals surface area contributed by atoms with Crippen LogP contribution in [0.4, 0.5) is 5.69 Å². The lowest BCUT2D eigenvalue weighted by molar-refractivity contribution is 0.447. The molecule has 0 aliphatic heterocycles. The Morgan fingerprint density at radius 1 is 1.05 bits per heavy atom. The summed E-state index contributed by atoms with van der Waals surface area (Å²) < 4.78 is 0. The van der Waals surface area contributed by atoms with Crippen molar-refractivity contribution < 1.29 is 0 Å². The van der Waals surface area contributed by atoms with Gasteiger partial charge >= 0.3 is 0 Å². The number of hydrogen-bond donors (Lipinski definition) is 3. The number of nitrogens with zero attached hydrogens (tertiary/aromatic N) is 6. The van der Waals surface area contributed by atoms with Gasteiger partial charge in [-0.05, 0) is 51.2 Å². The van der Waals surface area contributed by atoms with Crippen LogP contribution in [0.15, 0.2) is 73.5 Å². The monoisotopic (exact) mass is 519 g/mol. The molecule has 5 aromatic rings. The second-order valence-corrected chi connectivity index (χ2v) is 9.40. The molecule has 0 saturated heterocycles. The number of pyridine rings is 3. The number of anilines is 1. The number of aromatic amines is 2. The van der Waals surface area contributed by atoms with Crippen molar-refractivity contribution in [1.82, 2.24) is 40.0 Å². The molecule has 0 saturated carbocycles. The van der Waals surface area contributed by atoms with E-state index in [1.165, 1.54) is 0 Å². The third-order valence-electron chi connectivity index (χ3n) is 6.25. The zero-order valence-electron chi connectivity index (χ0n) is 22.8.